The van der Waals surface area contributed by atoms with E-state index in [1.165, 1.54) is 77.9 Å². The standard InChI is InChI=1S/C75H61N3/c1-50-29-36-58(37-30-50)78-71-28-18-17-27-67(71)75(70-47-51(2)31-46-72(70)78,52-32-38-56(39-33-52)76(54-19-9-7-10-20-54)59-42-44-63-61-23-13-15-25-65(61)73(3,4)68(63)48-59)53-34-40-57(41-35-53)77(55-21-11-8-12-22-55)60-43-45-64-62-24-14-16-26-66(62)74(5,6)69(64)49-60/h7-49H,1-6H3. The normalized spacial score (nSPS) is 14.6. The highest BCUT2D eigenvalue weighted by atomic mass is 15.2. The first kappa shape index (κ1) is 47.3. The second-order valence-corrected chi connectivity index (χ2v) is 22.7. The molecule has 0 amide bonds. The summed E-state index contributed by atoms with van der Waals surface area (Å²) >= 11 is 0. The minimum atomic E-state index is -0.724. The van der Waals surface area contributed by atoms with Crippen LogP contribution in [0.5, 0.6) is 0 Å². The number of aryl methyl sites for hydroxylation is 2. The largest absolute Gasteiger partial charge is 0.310 e. The highest BCUT2D eigenvalue weighted by Crippen LogP contribution is 2.59. The molecule has 3 nitrogen and oxygen atoms in total. The van der Waals surface area contributed by atoms with Gasteiger partial charge in [-0.25, -0.2) is 0 Å². The number of nitrogens with zero attached hydrogens (tertiary/aromatic N) is 3. The lowest BCUT2D eigenvalue weighted by molar-refractivity contribution is 0.660. The van der Waals surface area contributed by atoms with Gasteiger partial charge in [0.15, 0.2) is 0 Å². The molecule has 0 bridgehead atoms. The molecule has 11 aromatic carbocycles. The number of benzene rings is 11. The van der Waals surface area contributed by atoms with Gasteiger partial charge in [0, 0.05) is 50.6 Å². The van der Waals surface area contributed by atoms with Crippen LogP contribution in [0.4, 0.5) is 51.2 Å². The summed E-state index contributed by atoms with van der Waals surface area (Å²) in [6, 6.07) is 97.7. The maximum absolute atomic E-state index is 2.47. The molecule has 0 fully saturated rings. The lowest BCUT2D eigenvalue weighted by atomic mass is 9.62. The van der Waals surface area contributed by atoms with Crippen LogP contribution < -0.4 is 14.7 Å². The van der Waals surface area contributed by atoms with Gasteiger partial charge in [-0.15, -0.1) is 0 Å². The van der Waals surface area contributed by atoms with Gasteiger partial charge in [0.2, 0.25) is 0 Å². The third-order valence-corrected chi connectivity index (χ3v) is 17.4. The second kappa shape index (κ2) is 18.0. The van der Waals surface area contributed by atoms with E-state index in [-0.39, 0.29) is 10.8 Å². The molecule has 0 radical (unpaired) electrons. The zero-order chi connectivity index (χ0) is 52.9. The Hall–Kier alpha value is -9.18. The third kappa shape index (κ3) is 7.18. The molecular formula is C75H61N3. The summed E-state index contributed by atoms with van der Waals surface area (Å²) in [5.74, 6) is 0. The molecule has 0 spiro atoms. The van der Waals surface area contributed by atoms with Gasteiger partial charge in [-0.3, -0.25) is 0 Å². The molecule has 11 aromatic rings. The quantitative estimate of drug-likeness (QED) is 0.143. The third-order valence-electron chi connectivity index (χ3n) is 17.4. The Labute approximate surface area is 460 Å². The summed E-state index contributed by atoms with van der Waals surface area (Å²) in [4.78, 5) is 7.32. The van der Waals surface area contributed by atoms with E-state index >= 15 is 0 Å². The van der Waals surface area contributed by atoms with Gasteiger partial charge < -0.3 is 14.7 Å². The maximum atomic E-state index is 2.47. The first-order valence-electron chi connectivity index (χ1n) is 27.5. The molecule has 3 aliphatic rings. The maximum Gasteiger partial charge on any atom is 0.0742 e. The SMILES string of the molecule is Cc1ccc(N2c3ccccc3C(c3ccc(N(c4ccccc4)c4ccc5c(c4)C(C)(C)c4ccccc4-5)cc3)(c3ccc(N(c4ccccc4)c4ccc5c(c4)C(C)(C)c4ccccc4-5)cc3)c3cc(C)ccc32)cc1. The van der Waals surface area contributed by atoms with Gasteiger partial charge in [-0.1, -0.05) is 203 Å². The van der Waals surface area contributed by atoms with Crippen molar-refractivity contribution in [2.24, 2.45) is 0 Å². The van der Waals surface area contributed by atoms with Crippen molar-refractivity contribution in [2.75, 3.05) is 14.7 Å². The molecule has 1 heterocycles. The molecule has 0 saturated carbocycles. The number of anilines is 9. The summed E-state index contributed by atoms with van der Waals surface area (Å²) in [6.45, 7) is 13.8. The van der Waals surface area contributed by atoms with Crippen LogP contribution in [0.3, 0.4) is 0 Å². The minimum Gasteiger partial charge on any atom is -0.310 e. The van der Waals surface area contributed by atoms with E-state index < -0.39 is 5.41 Å². The molecule has 0 N–H and O–H groups in total. The average molecular weight is 1000 g/mol. The van der Waals surface area contributed by atoms with E-state index in [4.69, 9.17) is 0 Å². The van der Waals surface area contributed by atoms with Crippen molar-refractivity contribution in [2.45, 2.75) is 57.8 Å². The van der Waals surface area contributed by atoms with Crippen LogP contribution in [-0.4, -0.2) is 0 Å². The summed E-state index contributed by atoms with van der Waals surface area (Å²) in [5.41, 5.74) is 27.2. The fourth-order valence-electron chi connectivity index (χ4n) is 13.6. The van der Waals surface area contributed by atoms with E-state index in [9.17, 15) is 0 Å². The van der Waals surface area contributed by atoms with Crippen molar-refractivity contribution in [1.82, 2.24) is 0 Å². The highest BCUT2D eigenvalue weighted by molar-refractivity contribution is 5.92. The molecule has 3 heteroatoms. The minimum absolute atomic E-state index is 0.134. The van der Waals surface area contributed by atoms with E-state index in [1.807, 2.05) is 0 Å². The first-order chi connectivity index (χ1) is 38.0. The van der Waals surface area contributed by atoms with Crippen molar-refractivity contribution in [3.05, 3.63) is 316 Å². The Kier molecular flexibility index (Phi) is 10.9. The second-order valence-electron chi connectivity index (χ2n) is 22.7. The monoisotopic (exact) mass is 1000 g/mol. The molecule has 2 aliphatic carbocycles. The number of rotatable bonds is 9. The van der Waals surface area contributed by atoms with Gasteiger partial charge in [0.25, 0.3) is 0 Å². The van der Waals surface area contributed by atoms with Gasteiger partial charge in [0.1, 0.15) is 0 Å². The van der Waals surface area contributed by atoms with E-state index in [2.05, 4.69) is 317 Å². The topological polar surface area (TPSA) is 9.72 Å². The summed E-state index contributed by atoms with van der Waals surface area (Å²) in [7, 11) is 0. The number of fused-ring (bicyclic) bond motifs is 8. The zero-order valence-corrected chi connectivity index (χ0v) is 45.2. The lowest BCUT2D eigenvalue weighted by Gasteiger charge is -2.47. The Bertz CT molecular complexity index is 3900. The van der Waals surface area contributed by atoms with Gasteiger partial charge in [-0.2, -0.15) is 0 Å². The Morgan fingerprint density at radius 2 is 0.667 bits per heavy atom. The molecule has 1 aliphatic heterocycles. The molecular weight excluding hydrogens is 943 g/mol. The average Bonchev–Trinajstić information content (AvgIpc) is 3.46. The fourth-order valence-corrected chi connectivity index (χ4v) is 13.6. The zero-order valence-electron chi connectivity index (χ0n) is 45.2. The van der Waals surface area contributed by atoms with Crippen molar-refractivity contribution >= 4 is 51.2 Å². The van der Waals surface area contributed by atoms with Gasteiger partial charge in [-0.05, 0) is 178 Å². The molecule has 14 rings (SSSR count). The van der Waals surface area contributed by atoms with Crippen LogP contribution in [-0.2, 0) is 16.2 Å². The fraction of sp³-hybridized carbons (Fsp3) is 0.120. The Morgan fingerprint density at radius 3 is 1.17 bits per heavy atom. The van der Waals surface area contributed by atoms with Gasteiger partial charge >= 0.3 is 0 Å². The molecule has 78 heavy (non-hydrogen) atoms. The highest BCUT2D eigenvalue weighted by Gasteiger charge is 2.47. The molecule has 376 valence electrons. The number of hydrogen-bond donors (Lipinski definition) is 0. The predicted octanol–water partition coefficient (Wildman–Crippen LogP) is 20.0. The van der Waals surface area contributed by atoms with Crippen molar-refractivity contribution in [1.29, 1.82) is 0 Å². The molecule has 0 aromatic heterocycles. The van der Waals surface area contributed by atoms with Crippen LogP contribution >= 0.6 is 0 Å². The van der Waals surface area contributed by atoms with Crippen LogP contribution in [0.1, 0.15) is 83.3 Å². The van der Waals surface area contributed by atoms with E-state index in [1.54, 1.807) is 0 Å². The smallest absolute Gasteiger partial charge is 0.0742 e. The summed E-state index contributed by atoms with van der Waals surface area (Å²) < 4.78 is 0. The van der Waals surface area contributed by atoms with Crippen molar-refractivity contribution < 1.29 is 0 Å². The molecule has 0 atom stereocenters. The van der Waals surface area contributed by atoms with Crippen molar-refractivity contribution in [3.8, 4) is 22.3 Å². The number of hydrogen-bond acceptors (Lipinski definition) is 3. The van der Waals surface area contributed by atoms with E-state index in [0.717, 1.165) is 51.2 Å². The molecule has 0 saturated heterocycles. The Morgan fingerprint density at radius 1 is 0.282 bits per heavy atom. The molecule has 0 unspecified atom stereocenters. The van der Waals surface area contributed by atoms with Gasteiger partial charge in [0.05, 0.1) is 16.8 Å². The van der Waals surface area contributed by atoms with Crippen molar-refractivity contribution in [3.63, 3.8) is 0 Å². The Balaban J connectivity index is 0.958. The van der Waals surface area contributed by atoms with Crippen LogP contribution in [0.2, 0.25) is 0 Å². The first-order valence-corrected chi connectivity index (χ1v) is 27.5. The van der Waals surface area contributed by atoms with E-state index in [0.29, 0.717) is 0 Å². The van der Waals surface area contributed by atoms with Crippen LogP contribution in [0.25, 0.3) is 22.3 Å². The summed E-state index contributed by atoms with van der Waals surface area (Å²) in [6.07, 6.45) is 0. The predicted molar refractivity (Wildman–Crippen MR) is 327 cm³/mol. The lowest BCUT2D eigenvalue weighted by Crippen LogP contribution is -2.38. The van der Waals surface area contributed by atoms with Crippen LogP contribution in [0, 0.1) is 13.8 Å². The summed E-state index contributed by atoms with van der Waals surface area (Å²) in [5, 5.41) is 0. The number of para-hydroxylation sites is 3. The van der Waals surface area contributed by atoms with Crippen LogP contribution in [0.15, 0.2) is 261 Å².